The van der Waals surface area contributed by atoms with E-state index in [1.807, 2.05) is 18.8 Å². The van der Waals surface area contributed by atoms with Gasteiger partial charge in [0.05, 0.1) is 5.69 Å². The zero-order valence-electron chi connectivity index (χ0n) is 13.3. The maximum Gasteiger partial charge on any atom is 0.191 e. The second-order valence-corrected chi connectivity index (χ2v) is 5.87. The van der Waals surface area contributed by atoms with Crippen molar-refractivity contribution in [2.75, 3.05) is 7.05 Å². The Morgan fingerprint density at radius 1 is 1.45 bits per heavy atom. The lowest BCUT2D eigenvalue weighted by Crippen LogP contribution is -2.49. The van der Waals surface area contributed by atoms with Gasteiger partial charge in [0.15, 0.2) is 5.96 Å². The largest absolute Gasteiger partial charge is 0.354 e. The molecule has 1 aromatic rings. The molecule has 0 radical (unpaired) electrons. The Hall–Kier alpha value is -1.52. The molecule has 1 aliphatic rings. The quantitative estimate of drug-likeness (QED) is 0.650. The van der Waals surface area contributed by atoms with Gasteiger partial charge in [-0.05, 0) is 52.0 Å². The highest BCUT2D eigenvalue weighted by molar-refractivity contribution is 5.80. The van der Waals surface area contributed by atoms with Crippen molar-refractivity contribution in [3.05, 3.63) is 17.0 Å². The first-order chi connectivity index (χ1) is 9.51. The van der Waals surface area contributed by atoms with Crippen LogP contribution in [0.2, 0.25) is 0 Å². The van der Waals surface area contributed by atoms with Crippen LogP contribution < -0.4 is 10.6 Å². The van der Waals surface area contributed by atoms with Crippen LogP contribution in [0.4, 0.5) is 0 Å². The Morgan fingerprint density at radius 2 is 2.15 bits per heavy atom. The van der Waals surface area contributed by atoms with Gasteiger partial charge in [-0.15, -0.1) is 0 Å². The lowest BCUT2D eigenvalue weighted by Gasteiger charge is -2.29. The van der Waals surface area contributed by atoms with Crippen LogP contribution in [0, 0.1) is 13.8 Å². The van der Waals surface area contributed by atoms with Gasteiger partial charge < -0.3 is 10.6 Å². The van der Waals surface area contributed by atoms with E-state index in [0.29, 0.717) is 12.1 Å². The highest BCUT2D eigenvalue weighted by Gasteiger charge is 2.19. The molecular formula is C15H27N5. The summed E-state index contributed by atoms with van der Waals surface area (Å²) in [6, 6.07) is 0.943. The zero-order chi connectivity index (χ0) is 14.7. The molecule has 1 saturated carbocycles. The summed E-state index contributed by atoms with van der Waals surface area (Å²) in [5.41, 5.74) is 3.71. The molecule has 20 heavy (non-hydrogen) atoms. The van der Waals surface area contributed by atoms with E-state index >= 15 is 0 Å². The van der Waals surface area contributed by atoms with Gasteiger partial charge in [-0.2, -0.15) is 5.10 Å². The van der Waals surface area contributed by atoms with E-state index in [1.165, 1.54) is 30.5 Å². The van der Waals surface area contributed by atoms with Crippen molar-refractivity contribution >= 4 is 5.96 Å². The van der Waals surface area contributed by atoms with E-state index in [2.05, 4.69) is 41.5 Å². The number of aromatic nitrogens is 2. The van der Waals surface area contributed by atoms with Crippen LogP contribution in [0.1, 0.15) is 43.1 Å². The monoisotopic (exact) mass is 277 g/mol. The molecule has 2 N–H and O–H groups in total. The van der Waals surface area contributed by atoms with E-state index in [9.17, 15) is 0 Å². The van der Waals surface area contributed by atoms with Crippen LogP contribution in [-0.2, 0) is 13.5 Å². The van der Waals surface area contributed by atoms with Crippen molar-refractivity contribution in [3.63, 3.8) is 0 Å². The Kier molecular flexibility index (Phi) is 4.68. The summed E-state index contributed by atoms with van der Waals surface area (Å²) in [5, 5.41) is 11.4. The Morgan fingerprint density at radius 3 is 2.60 bits per heavy atom. The standard InChI is InChI=1S/C15H27N5/c1-10(9-14-11(2)19-20(5)12(14)3)17-15(16-4)18-13-7-6-8-13/h10,13H,6-9H2,1-5H3,(H2,16,17,18). The lowest BCUT2D eigenvalue weighted by atomic mass is 9.93. The first kappa shape index (κ1) is 14.9. The number of hydrogen-bond donors (Lipinski definition) is 2. The second-order valence-electron chi connectivity index (χ2n) is 5.87. The molecular weight excluding hydrogens is 250 g/mol. The summed E-state index contributed by atoms with van der Waals surface area (Å²) in [4.78, 5) is 4.32. The number of nitrogens with one attached hydrogen (secondary N) is 2. The zero-order valence-corrected chi connectivity index (χ0v) is 13.3. The summed E-state index contributed by atoms with van der Waals surface area (Å²) < 4.78 is 1.96. The van der Waals surface area contributed by atoms with Crippen molar-refractivity contribution < 1.29 is 0 Å². The fourth-order valence-electron chi connectivity index (χ4n) is 2.62. The Labute approximate surface area is 121 Å². The van der Waals surface area contributed by atoms with Crippen molar-refractivity contribution in [3.8, 4) is 0 Å². The van der Waals surface area contributed by atoms with Gasteiger partial charge >= 0.3 is 0 Å². The van der Waals surface area contributed by atoms with Crippen molar-refractivity contribution in [2.24, 2.45) is 12.0 Å². The molecule has 1 unspecified atom stereocenters. The van der Waals surface area contributed by atoms with E-state index in [0.717, 1.165) is 18.1 Å². The van der Waals surface area contributed by atoms with E-state index in [1.54, 1.807) is 0 Å². The highest BCUT2D eigenvalue weighted by Crippen LogP contribution is 2.18. The molecule has 1 heterocycles. The van der Waals surface area contributed by atoms with Gasteiger partial charge in [0.1, 0.15) is 0 Å². The average Bonchev–Trinajstić information content (AvgIpc) is 2.59. The second kappa shape index (κ2) is 6.29. The molecule has 5 nitrogen and oxygen atoms in total. The number of hydrogen-bond acceptors (Lipinski definition) is 2. The minimum atomic E-state index is 0.336. The molecule has 1 fully saturated rings. The maximum atomic E-state index is 4.48. The summed E-state index contributed by atoms with van der Waals surface area (Å²) in [7, 11) is 3.84. The van der Waals surface area contributed by atoms with Crippen LogP contribution in [0.25, 0.3) is 0 Å². The smallest absolute Gasteiger partial charge is 0.191 e. The first-order valence-corrected chi connectivity index (χ1v) is 7.50. The summed E-state index contributed by atoms with van der Waals surface area (Å²) in [6.45, 7) is 6.40. The van der Waals surface area contributed by atoms with Crippen LogP contribution in [-0.4, -0.2) is 34.9 Å². The summed E-state index contributed by atoms with van der Waals surface area (Å²) in [5.74, 6) is 0.918. The fraction of sp³-hybridized carbons (Fsp3) is 0.733. The van der Waals surface area contributed by atoms with Crippen molar-refractivity contribution in [1.82, 2.24) is 20.4 Å². The third-order valence-electron chi connectivity index (χ3n) is 4.22. The molecule has 0 amide bonds. The Balaban J connectivity index is 1.92. The number of guanidine groups is 1. The lowest BCUT2D eigenvalue weighted by molar-refractivity contribution is 0.378. The van der Waals surface area contributed by atoms with Crippen LogP contribution in [0.5, 0.6) is 0 Å². The van der Waals surface area contributed by atoms with E-state index in [-0.39, 0.29) is 0 Å². The predicted molar refractivity (Wildman–Crippen MR) is 83.1 cm³/mol. The average molecular weight is 277 g/mol. The molecule has 0 aliphatic heterocycles. The summed E-state index contributed by atoms with van der Waals surface area (Å²) in [6.07, 6.45) is 4.82. The minimum Gasteiger partial charge on any atom is -0.354 e. The highest BCUT2D eigenvalue weighted by atomic mass is 15.3. The minimum absolute atomic E-state index is 0.336. The van der Waals surface area contributed by atoms with Gasteiger partial charge in [0.2, 0.25) is 0 Å². The van der Waals surface area contributed by atoms with Crippen molar-refractivity contribution in [1.29, 1.82) is 0 Å². The summed E-state index contributed by atoms with van der Waals surface area (Å²) >= 11 is 0. The molecule has 0 aromatic carbocycles. The third-order valence-corrected chi connectivity index (χ3v) is 4.22. The normalized spacial score (nSPS) is 17.8. The van der Waals surface area contributed by atoms with Crippen LogP contribution >= 0.6 is 0 Å². The molecule has 0 saturated heterocycles. The fourth-order valence-corrected chi connectivity index (χ4v) is 2.62. The van der Waals surface area contributed by atoms with Gasteiger partial charge in [-0.3, -0.25) is 9.67 Å². The third kappa shape index (κ3) is 3.32. The Bertz CT molecular complexity index is 485. The van der Waals surface area contributed by atoms with Crippen molar-refractivity contribution in [2.45, 2.75) is 58.5 Å². The maximum absolute atomic E-state index is 4.48. The number of aliphatic imine (C=N–C) groups is 1. The molecule has 5 heteroatoms. The van der Waals surface area contributed by atoms with Gasteiger partial charge in [-0.1, -0.05) is 0 Å². The van der Waals surface area contributed by atoms with Crippen LogP contribution in [0.15, 0.2) is 4.99 Å². The molecule has 1 aromatic heterocycles. The van der Waals surface area contributed by atoms with Gasteiger partial charge in [-0.25, -0.2) is 0 Å². The van der Waals surface area contributed by atoms with E-state index in [4.69, 9.17) is 0 Å². The molecule has 1 atom stereocenters. The molecule has 0 bridgehead atoms. The van der Waals surface area contributed by atoms with Gasteiger partial charge in [0, 0.05) is 31.9 Å². The number of nitrogens with zero attached hydrogens (tertiary/aromatic N) is 3. The number of aryl methyl sites for hydroxylation is 2. The number of rotatable bonds is 4. The topological polar surface area (TPSA) is 54.2 Å². The predicted octanol–water partition coefficient (Wildman–Crippen LogP) is 1.69. The van der Waals surface area contributed by atoms with Crippen LogP contribution in [0.3, 0.4) is 0 Å². The SMILES string of the molecule is CN=C(NC(C)Cc1c(C)nn(C)c1C)NC1CCC1. The van der Waals surface area contributed by atoms with Gasteiger partial charge in [0.25, 0.3) is 0 Å². The van der Waals surface area contributed by atoms with E-state index < -0.39 is 0 Å². The molecule has 0 spiro atoms. The molecule has 1 aliphatic carbocycles. The molecule has 2 rings (SSSR count). The molecule has 112 valence electrons. The first-order valence-electron chi connectivity index (χ1n) is 7.50.